The zero-order valence-electron chi connectivity index (χ0n) is 11.6. The molecule has 0 radical (unpaired) electrons. The minimum Gasteiger partial charge on any atom is -0.379 e. The smallest absolute Gasteiger partial charge is 0.0597 e. The third-order valence-electron chi connectivity index (χ3n) is 3.69. The summed E-state index contributed by atoms with van der Waals surface area (Å²) in [6.45, 7) is 3.40. The molecular formula is C14H22BrN3. The van der Waals surface area contributed by atoms with Gasteiger partial charge in [-0.2, -0.15) is 0 Å². The summed E-state index contributed by atoms with van der Waals surface area (Å²) in [5, 5.41) is 3.68. The van der Waals surface area contributed by atoms with Crippen molar-refractivity contribution in [3.63, 3.8) is 0 Å². The standard InChI is InChI=1S/C14H22BrN3/c1-10-7-12(9-18(10)4)16-13-8-11(15)5-6-14(13)17(2)3/h5-6,8,10,12,16H,7,9H2,1-4H3. The monoisotopic (exact) mass is 311 g/mol. The molecule has 1 aromatic carbocycles. The van der Waals surface area contributed by atoms with E-state index < -0.39 is 0 Å². The summed E-state index contributed by atoms with van der Waals surface area (Å²) < 4.78 is 1.12. The predicted molar refractivity (Wildman–Crippen MR) is 82.6 cm³/mol. The highest BCUT2D eigenvalue weighted by molar-refractivity contribution is 9.10. The van der Waals surface area contributed by atoms with Crippen LogP contribution in [0, 0.1) is 0 Å². The summed E-state index contributed by atoms with van der Waals surface area (Å²) in [6, 6.07) is 7.60. The minimum atomic E-state index is 0.540. The molecule has 2 rings (SSSR count). The first-order chi connectivity index (χ1) is 8.47. The van der Waals surface area contributed by atoms with Crippen LogP contribution in [0.5, 0.6) is 0 Å². The highest BCUT2D eigenvalue weighted by atomic mass is 79.9. The molecule has 1 aliphatic rings. The van der Waals surface area contributed by atoms with Crippen molar-refractivity contribution < 1.29 is 0 Å². The Balaban J connectivity index is 2.15. The summed E-state index contributed by atoms with van der Waals surface area (Å²) in [7, 11) is 6.36. The molecule has 1 fully saturated rings. The van der Waals surface area contributed by atoms with Crippen LogP contribution in [0.15, 0.2) is 22.7 Å². The number of likely N-dealkylation sites (N-methyl/N-ethyl adjacent to an activating group) is 1. The number of rotatable bonds is 3. The molecule has 4 heteroatoms. The van der Waals surface area contributed by atoms with Crippen LogP contribution >= 0.6 is 15.9 Å². The van der Waals surface area contributed by atoms with Crippen molar-refractivity contribution in [3.8, 4) is 0 Å². The van der Waals surface area contributed by atoms with Crippen LogP contribution in [0.2, 0.25) is 0 Å². The number of likely N-dealkylation sites (tertiary alicyclic amines) is 1. The summed E-state index contributed by atoms with van der Waals surface area (Å²) in [5.41, 5.74) is 2.45. The predicted octanol–water partition coefficient (Wildman–Crippen LogP) is 3.02. The summed E-state index contributed by atoms with van der Waals surface area (Å²) in [5.74, 6) is 0. The van der Waals surface area contributed by atoms with Gasteiger partial charge >= 0.3 is 0 Å². The second-order valence-corrected chi connectivity index (χ2v) is 6.34. The fraction of sp³-hybridized carbons (Fsp3) is 0.571. The van der Waals surface area contributed by atoms with E-state index in [2.05, 4.69) is 77.3 Å². The van der Waals surface area contributed by atoms with Gasteiger partial charge < -0.3 is 15.1 Å². The number of nitrogens with zero attached hydrogens (tertiary/aromatic N) is 2. The molecule has 18 heavy (non-hydrogen) atoms. The fourth-order valence-electron chi connectivity index (χ4n) is 2.53. The molecule has 1 saturated heterocycles. The number of nitrogens with one attached hydrogen (secondary N) is 1. The Morgan fingerprint density at radius 2 is 2.11 bits per heavy atom. The lowest BCUT2D eigenvalue weighted by Crippen LogP contribution is -2.25. The quantitative estimate of drug-likeness (QED) is 0.925. The Hall–Kier alpha value is -0.740. The van der Waals surface area contributed by atoms with Gasteiger partial charge in [-0.15, -0.1) is 0 Å². The molecule has 0 aliphatic carbocycles. The van der Waals surface area contributed by atoms with Crippen LogP contribution in [-0.4, -0.2) is 44.7 Å². The lowest BCUT2D eigenvalue weighted by molar-refractivity contribution is 0.330. The molecule has 2 atom stereocenters. The summed E-state index contributed by atoms with van der Waals surface area (Å²) >= 11 is 3.55. The zero-order valence-corrected chi connectivity index (χ0v) is 13.2. The van der Waals surface area contributed by atoms with E-state index in [9.17, 15) is 0 Å². The van der Waals surface area contributed by atoms with Gasteiger partial charge in [0.25, 0.3) is 0 Å². The molecule has 3 nitrogen and oxygen atoms in total. The van der Waals surface area contributed by atoms with E-state index in [1.165, 1.54) is 17.8 Å². The second-order valence-electron chi connectivity index (χ2n) is 5.42. The average molecular weight is 312 g/mol. The summed E-state index contributed by atoms with van der Waals surface area (Å²) in [4.78, 5) is 4.56. The van der Waals surface area contributed by atoms with Crippen molar-refractivity contribution >= 4 is 27.3 Å². The molecule has 1 N–H and O–H groups in total. The third kappa shape index (κ3) is 2.98. The first-order valence-electron chi connectivity index (χ1n) is 6.41. The van der Waals surface area contributed by atoms with E-state index >= 15 is 0 Å². The van der Waals surface area contributed by atoms with E-state index in [0.717, 1.165) is 11.0 Å². The zero-order chi connectivity index (χ0) is 13.3. The molecule has 0 spiro atoms. The maximum Gasteiger partial charge on any atom is 0.0597 e. The number of benzene rings is 1. The van der Waals surface area contributed by atoms with Gasteiger partial charge in [0.2, 0.25) is 0 Å². The molecule has 0 aromatic heterocycles. The Morgan fingerprint density at radius 3 is 2.67 bits per heavy atom. The Labute approximate surface area is 118 Å². The lowest BCUT2D eigenvalue weighted by Gasteiger charge is -2.22. The van der Waals surface area contributed by atoms with E-state index in [4.69, 9.17) is 0 Å². The van der Waals surface area contributed by atoms with Crippen molar-refractivity contribution in [2.24, 2.45) is 0 Å². The number of anilines is 2. The van der Waals surface area contributed by atoms with E-state index in [1.807, 2.05) is 0 Å². The van der Waals surface area contributed by atoms with Crippen LogP contribution in [0.1, 0.15) is 13.3 Å². The largest absolute Gasteiger partial charge is 0.379 e. The molecule has 1 heterocycles. The first kappa shape index (κ1) is 13.7. The van der Waals surface area contributed by atoms with Gasteiger partial charge in [-0.3, -0.25) is 0 Å². The van der Waals surface area contributed by atoms with Crippen LogP contribution in [0.4, 0.5) is 11.4 Å². The van der Waals surface area contributed by atoms with Crippen molar-refractivity contribution in [3.05, 3.63) is 22.7 Å². The van der Waals surface area contributed by atoms with Crippen LogP contribution in [0.3, 0.4) is 0 Å². The third-order valence-corrected chi connectivity index (χ3v) is 4.18. The van der Waals surface area contributed by atoms with Gasteiger partial charge in [0.15, 0.2) is 0 Å². The van der Waals surface area contributed by atoms with Crippen molar-refractivity contribution in [2.45, 2.75) is 25.4 Å². The lowest BCUT2D eigenvalue weighted by atomic mass is 10.1. The highest BCUT2D eigenvalue weighted by Gasteiger charge is 2.26. The average Bonchev–Trinajstić information content (AvgIpc) is 2.57. The molecule has 0 saturated carbocycles. The molecule has 1 aromatic rings. The van der Waals surface area contributed by atoms with Crippen molar-refractivity contribution in [1.82, 2.24) is 4.90 Å². The molecule has 0 bridgehead atoms. The van der Waals surface area contributed by atoms with E-state index in [-0.39, 0.29) is 0 Å². The Morgan fingerprint density at radius 1 is 1.39 bits per heavy atom. The second kappa shape index (κ2) is 5.49. The summed E-state index contributed by atoms with van der Waals surface area (Å²) in [6.07, 6.45) is 1.20. The van der Waals surface area contributed by atoms with Crippen LogP contribution in [0.25, 0.3) is 0 Å². The first-order valence-corrected chi connectivity index (χ1v) is 7.20. The Kier molecular flexibility index (Phi) is 4.17. The topological polar surface area (TPSA) is 18.5 Å². The van der Waals surface area contributed by atoms with Gasteiger partial charge in [-0.05, 0) is 38.6 Å². The highest BCUT2D eigenvalue weighted by Crippen LogP contribution is 2.30. The molecule has 0 amide bonds. The number of hydrogen-bond acceptors (Lipinski definition) is 3. The maximum atomic E-state index is 3.68. The number of halogens is 1. The minimum absolute atomic E-state index is 0.540. The molecule has 1 aliphatic heterocycles. The van der Waals surface area contributed by atoms with E-state index in [0.29, 0.717) is 12.1 Å². The Bertz CT molecular complexity index is 410. The van der Waals surface area contributed by atoms with E-state index in [1.54, 1.807) is 0 Å². The van der Waals surface area contributed by atoms with Crippen LogP contribution < -0.4 is 10.2 Å². The van der Waals surface area contributed by atoms with Gasteiger partial charge in [0, 0.05) is 37.2 Å². The normalized spacial score (nSPS) is 24.3. The van der Waals surface area contributed by atoms with Gasteiger partial charge in [0.05, 0.1) is 11.4 Å². The fourth-order valence-corrected chi connectivity index (χ4v) is 2.89. The number of hydrogen-bond donors (Lipinski definition) is 1. The molecular weight excluding hydrogens is 290 g/mol. The van der Waals surface area contributed by atoms with Crippen molar-refractivity contribution in [2.75, 3.05) is 37.9 Å². The molecule has 2 unspecified atom stereocenters. The van der Waals surface area contributed by atoms with Gasteiger partial charge in [0.1, 0.15) is 0 Å². The van der Waals surface area contributed by atoms with Gasteiger partial charge in [-0.25, -0.2) is 0 Å². The van der Waals surface area contributed by atoms with Crippen molar-refractivity contribution in [1.29, 1.82) is 0 Å². The SMILES string of the molecule is CC1CC(Nc2cc(Br)ccc2N(C)C)CN1C. The van der Waals surface area contributed by atoms with Gasteiger partial charge in [-0.1, -0.05) is 15.9 Å². The maximum absolute atomic E-state index is 3.68. The molecule has 100 valence electrons. The van der Waals surface area contributed by atoms with Crippen LogP contribution in [-0.2, 0) is 0 Å².